The van der Waals surface area contributed by atoms with Crippen molar-refractivity contribution >= 4 is 32.7 Å². The van der Waals surface area contributed by atoms with Crippen LogP contribution in [0.2, 0.25) is 0 Å². The normalized spacial score (nSPS) is 20.9. The van der Waals surface area contributed by atoms with Crippen LogP contribution < -0.4 is 15.9 Å². The first-order valence-corrected chi connectivity index (χ1v) is 10.3. The number of hydrogen-bond donors (Lipinski definition) is 1. The minimum Gasteiger partial charge on any atom is -0.491 e. The summed E-state index contributed by atoms with van der Waals surface area (Å²) in [5, 5.41) is 0.661. The number of nitrogens with zero attached hydrogens (tertiary/aromatic N) is 2. The average Bonchev–Trinajstić information content (AvgIpc) is 3.30. The SMILES string of the molecule is O=c1[nH]c2cccc3c2nc1-c1cccc2c(=O)n(sc12)C1CCC(CO3)C1. The molecular formula is C21H17N3O3S. The predicted octanol–water partition coefficient (Wildman–Crippen LogP) is 3.70. The third kappa shape index (κ3) is 2.22. The third-order valence-electron chi connectivity index (χ3n) is 5.90. The molecule has 0 saturated heterocycles. The van der Waals surface area contributed by atoms with Crippen LogP contribution in [0.15, 0.2) is 46.0 Å². The molecule has 2 aromatic carbocycles. The van der Waals surface area contributed by atoms with E-state index in [-0.39, 0.29) is 17.2 Å². The van der Waals surface area contributed by atoms with Crippen LogP contribution >= 0.6 is 11.5 Å². The first-order valence-electron chi connectivity index (χ1n) is 9.50. The topological polar surface area (TPSA) is 77.0 Å². The fourth-order valence-electron chi connectivity index (χ4n) is 4.49. The Kier molecular flexibility index (Phi) is 3.32. The van der Waals surface area contributed by atoms with E-state index >= 15 is 0 Å². The Morgan fingerprint density at radius 2 is 2.04 bits per heavy atom. The van der Waals surface area contributed by atoms with Crippen LogP contribution in [0.1, 0.15) is 25.3 Å². The first-order chi connectivity index (χ1) is 13.7. The second kappa shape index (κ2) is 5.78. The van der Waals surface area contributed by atoms with Crippen molar-refractivity contribution in [3.63, 3.8) is 0 Å². The lowest BCUT2D eigenvalue weighted by Crippen LogP contribution is -2.18. The minimum atomic E-state index is -0.263. The van der Waals surface area contributed by atoms with E-state index in [0.717, 1.165) is 24.0 Å². The van der Waals surface area contributed by atoms with E-state index in [9.17, 15) is 9.59 Å². The number of benzene rings is 2. The molecule has 1 saturated carbocycles. The molecule has 1 aliphatic carbocycles. The Morgan fingerprint density at radius 3 is 2.96 bits per heavy atom. The van der Waals surface area contributed by atoms with E-state index in [1.165, 1.54) is 11.5 Å². The fourth-order valence-corrected chi connectivity index (χ4v) is 5.73. The van der Waals surface area contributed by atoms with Crippen LogP contribution in [0.3, 0.4) is 0 Å². The highest BCUT2D eigenvalue weighted by Crippen LogP contribution is 2.39. The van der Waals surface area contributed by atoms with E-state index in [1.54, 1.807) is 0 Å². The molecule has 1 fully saturated rings. The van der Waals surface area contributed by atoms with Gasteiger partial charge in [0.2, 0.25) is 0 Å². The monoisotopic (exact) mass is 391 g/mol. The highest BCUT2D eigenvalue weighted by Gasteiger charge is 2.30. The Morgan fingerprint density at radius 1 is 1.14 bits per heavy atom. The smallest absolute Gasteiger partial charge is 0.275 e. The molecule has 6 bridgehead atoms. The second-order valence-corrected chi connectivity index (χ2v) is 8.60. The molecule has 1 N–H and O–H groups in total. The fraction of sp³-hybridized carbons (Fsp3) is 0.286. The van der Waals surface area contributed by atoms with Crippen LogP contribution in [0.5, 0.6) is 5.75 Å². The van der Waals surface area contributed by atoms with E-state index in [1.807, 2.05) is 40.4 Å². The van der Waals surface area contributed by atoms with E-state index < -0.39 is 0 Å². The van der Waals surface area contributed by atoms with Crippen molar-refractivity contribution in [1.82, 2.24) is 13.9 Å². The highest BCUT2D eigenvalue weighted by atomic mass is 32.1. The van der Waals surface area contributed by atoms with Crippen molar-refractivity contribution in [1.29, 1.82) is 0 Å². The lowest BCUT2D eigenvalue weighted by atomic mass is 10.1. The summed E-state index contributed by atoms with van der Waals surface area (Å²) in [5.74, 6) is 1.09. The summed E-state index contributed by atoms with van der Waals surface area (Å²) in [5.41, 5.74) is 2.10. The number of ether oxygens (including phenoxy) is 1. The van der Waals surface area contributed by atoms with Crippen molar-refractivity contribution in [2.45, 2.75) is 25.3 Å². The molecule has 0 amide bonds. The summed E-state index contributed by atoms with van der Waals surface area (Å²) in [6, 6.07) is 11.3. The van der Waals surface area contributed by atoms with Crippen molar-refractivity contribution in [2.75, 3.05) is 6.61 Å². The van der Waals surface area contributed by atoms with Gasteiger partial charge >= 0.3 is 0 Å². The highest BCUT2D eigenvalue weighted by molar-refractivity contribution is 7.14. The molecule has 3 heterocycles. The largest absolute Gasteiger partial charge is 0.491 e. The van der Waals surface area contributed by atoms with Crippen LogP contribution in [0, 0.1) is 5.92 Å². The van der Waals surface area contributed by atoms with Crippen LogP contribution in [0.25, 0.3) is 32.4 Å². The molecule has 28 heavy (non-hydrogen) atoms. The van der Waals surface area contributed by atoms with Gasteiger partial charge in [-0.15, -0.1) is 0 Å². The number of fused-ring (bicyclic) bond motifs is 6. The number of para-hydroxylation sites is 1. The number of hydrogen-bond acceptors (Lipinski definition) is 5. The summed E-state index contributed by atoms with van der Waals surface area (Å²) >= 11 is 1.46. The minimum absolute atomic E-state index is 0.0309. The standard InChI is InChI=1S/C21H17N3O3S/c25-20-17-13-3-1-4-14-19(13)28-24(21(14)26)12-8-7-11(9-12)10-27-16-6-2-5-15(22-20)18(16)23-17/h1-6,11-12H,7-10H2,(H,22,25). The van der Waals surface area contributed by atoms with Gasteiger partial charge in [-0.1, -0.05) is 29.7 Å². The van der Waals surface area contributed by atoms with Gasteiger partial charge in [0.1, 0.15) is 17.0 Å². The molecule has 0 radical (unpaired) electrons. The zero-order valence-corrected chi connectivity index (χ0v) is 15.8. The Labute approximate surface area is 163 Å². The lowest BCUT2D eigenvalue weighted by Gasteiger charge is -2.14. The van der Waals surface area contributed by atoms with Gasteiger partial charge in [0, 0.05) is 11.6 Å². The Balaban J connectivity index is 1.74. The van der Waals surface area contributed by atoms with Gasteiger partial charge in [-0.25, -0.2) is 4.98 Å². The molecule has 2 aromatic heterocycles. The molecule has 2 unspecified atom stereocenters. The summed E-state index contributed by atoms with van der Waals surface area (Å²) in [6.07, 6.45) is 2.95. The van der Waals surface area contributed by atoms with Gasteiger partial charge in [0.15, 0.2) is 0 Å². The number of aromatic nitrogens is 3. The summed E-state index contributed by atoms with van der Waals surface area (Å²) in [6.45, 7) is 0.591. The third-order valence-corrected chi connectivity index (χ3v) is 7.18. The lowest BCUT2D eigenvalue weighted by molar-refractivity contribution is 0.251. The van der Waals surface area contributed by atoms with Gasteiger partial charge in [0.05, 0.1) is 22.2 Å². The average molecular weight is 391 g/mol. The molecule has 6 rings (SSSR count). The molecule has 6 nitrogen and oxygen atoms in total. The van der Waals surface area contributed by atoms with E-state index in [2.05, 4.69) is 4.98 Å². The molecule has 7 heteroatoms. The molecule has 2 atom stereocenters. The quantitative estimate of drug-likeness (QED) is 0.496. The van der Waals surface area contributed by atoms with Gasteiger partial charge in [-0.3, -0.25) is 13.5 Å². The number of aromatic amines is 1. The van der Waals surface area contributed by atoms with Crippen molar-refractivity contribution < 1.29 is 4.74 Å². The zero-order valence-electron chi connectivity index (χ0n) is 15.0. The van der Waals surface area contributed by atoms with Crippen LogP contribution in [-0.4, -0.2) is 20.5 Å². The van der Waals surface area contributed by atoms with Gasteiger partial charge in [-0.05, 0) is 43.4 Å². The van der Waals surface area contributed by atoms with Gasteiger partial charge in [-0.2, -0.15) is 0 Å². The molecular weight excluding hydrogens is 374 g/mol. The van der Waals surface area contributed by atoms with E-state index in [4.69, 9.17) is 9.72 Å². The van der Waals surface area contributed by atoms with E-state index in [0.29, 0.717) is 46.0 Å². The number of rotatable bonds is 0. The molecule has 1 aliphatic heterocycles. The summed E-state index contributed by atoms with van der Waals surface area (Å²) in [7, 11) is 0. The van der Waals surface area contributed by atoms with Crippen molar-refractivity contribution in [2.24, 2.45) is 5.92 Å². The summed E-state index contributed by atoms with van der Waals surface area (Å²) < 4.78 is 8.85. The maximum absolute atomic E-state index is 13.0. The maximum atomic E-state index is 13.0. The van der Waals surface area contributed by atoms with Gasteiger partial charge < -0.3 is 9.72 Å². The molecule has 4 aromatic rings. The number of H-pyrrole nitrogens is 1. The second-order valence-electron chi connectivity index (χ2n) is 7.62. The number of nitrogens with one attached hydrogen (secondary N) is 1. The Hall–Kier alpha value is -2.93. The van der Waals surface area contributed by atoms with Crippen molar-refractivity contribution in [3.8, 4) is 17.0 Å². The first kappa shape index (κ1) is 16.1. The summed E-state index contributed by atoms with van der Waals surface area (Å²) in [4.78, 5) is 33.5. The molecule has 2 aliphatic rings. The Bertz CT molecular complexity index is 1370. The van der Waals surface area contributed by atoms with Crippen LogP contribution in [0.4, 0.5) is 0 Å². The zero-order chi connectivity index (χ0) is 18.8. The molecule has 140 valence electrons. The van der Waals surface area contributed by atoms with Crippen molar-refractivity contribution in [3.05, 3.63) is 57.1 Å². The molecule has 0 spiro atoms. The van der Waals surface area contributed by atoms with Crippen LogP contribution in [-0.2, 0) is 0 Å². The van der Waals surface area contributed by atoms with Gasteiger partial charge in [0.25, 0.3) is 11.1 Å². The predicted molar refractivity (Wildman–Crippen MR) is 109 cm³/mol. The maximum Gasteiger partial charge on any atom is 0.275 e.